The highest BCUT2D eigenvalue weighted by atomic mass is 16.5. The first-order valence-corrected chi connectivity index (χ1v) is 6.98. The predicted molar refractivity (Wildman–Crippen MR) is 73.7 cm³/mol. The average Bonchev–Trinajstić information content (AvgIpc) is 2.46. The lowest BCUT2D eigenvalue weighted by molar-refractivity contribution is 0.0197. The van der Waals surface area contributed by atoms with Crippen LogP contribution in [0.1, 0.15) is 18.4 Å². The zero-order valence-corrected chi connectivity index (χ0v) is 11.3. The highest BCUT2D eigenvalue weighted by Crippen LogP contribution is 2.36. The molecule has 104 valence electrons. The average molecular weight is 263 g/mol. The summed E-state index contributed by atoms with van der Waals surface area (Å²) >= 11 is 0. The molecule has 4 nitrogen and oxygen atoms in total. The summed E-state index contributed by atoms with van der Waals surface area (Å²) < 4.78 is 11.0. The van der Waals surface area contributed by atoms with Gasteiger partial charge in [0, 0.05) is 18.9 Å². The summed E-state index contributed by atoms with van der Waals surface area (Å²) in [5, 5.41) is 13.9. The fourth-order valence-corrected chi connectivity index (χ4v) is 3.18. The van der Waals surface area contributed by atoms with Crippen molar-refractivity contribution in [1.82, 2.24) is 0 Å². The summed E-state index contributed by atoms with van der Waals surface area (Å²) in [6, 6.07) is 6.03. The van der Waals surface area contributed by atoms with E-state index in [1.807, 2.05) is 18.2 Å². The Morgan fingerprint density at radius 2 is 2.32 bits per heavy atom. The monoisotopic (exact) mass is 263 g/mol. The van der Waals surface area contributed by atoms with Gasteiger partial charge in [0.2, 0.25) is 0 Å². The fourth-order valence-electron chi connectivity index (χ4n) is 3.18. The molecule has 3 rings (SSSR count). The van der Waals surface area contributed by atoms with Gasteiger partial charge in [-0.3, -0.25) is 0 Å². The van der Waals surface area contributed by atoms with Gasteiger partial charge in [-0.2, -0.15) is 0 Å². The van der Waals surface area contributed by atoms with Crippen LogP contribution in [0, 0.1) is 5.92 Å². The molecule has 0 bridgehead atoms. The first-order valence-electron chi connectivity index (χ1n) is 6.98. The molecule has 2 N–H and O–H groups in total. The Morgan fingerprint density at radius 1 is 1.42 bits per heavy atom. The van der Waals surface area contributed by atoms with E-state index in [4.69, 9.17) is 9.47 Å². The van der Waals surface area contributed by atoms with Crippen LogP contribution in [0.3, 0.4) is 0 Å². The normalized spacial score (nSPS) is 30.3. The molecular formula is C15H21NO3. The summed E-state index contributed by atoms with van der Waals surface area (Å²) in [5.41, 5.74) is 2.16. The van der Waals surface area contributed by atoms with E-state index < -0.39 is 0 Å². The molecule has 0 spiro atoms. The van der Waals surface area contributed by atoms with Crippen LogP contribution in [0.5, 0.6) is 5.75 Å². The molecule has 1 saturated heterocycles. The SMILES string of the molecule is COc1cccc2c1NC(C1CCCOC1)C(O)C2. The number of para-hydroxylation sites is 1. The van der Waals surface area contributed by atoms with Crippen LogP contribution in [0.2, 0.25) is 0 Å². The van der Waals surface area contributed by atoms with Crippen molar-refractivity contribution in [2.45, 2.75) is 31.4 Å². The highest BCUT2D eigenvalue weighted by molar-refractivity contribution is 5.64. The zero-order valence-electron chi connectivity index (χ0n) is 11.3. The Balaban J connectivity index is 1.85. The number of fused-ring (bicyclic) bond motifs is 1. The fraction of sp³-hybridized carbons (Fsp3) is 0.600. The van der Waals surface area contributed by atoms with E-state index in [1.54, 1.807) is 7.11 Å². The molecule has 1 fully saturated rings. The van der Waals surface area contributed by atoms with Gasteiger partial charge in [-0.15, -0.1) is 0 Å². The number of hydrogen-bond donors (Lipinski definition) is 2. The van der Waals surface area contributed by atoms with Crippen LogP contribution >= 0.6 is 0 Å². The number of nitrogens with one attached hydrogen (secondary N) is 1. The van der Waals surface area contributed by atoms with Crippen LogP contribution in [-0.2, 0) is 11.2 Å². The third kappa shape index (κ3) is 2.42. The molecule has 19 heavy (non-hydrogen) atoms. The molecule has 0 saturated carbocycles. The lowest BCUT2D eigenvalue weighted by atomic mass is 9.84. The smallest absolute Gasteiger partial charge is 0.142 e. The number of aliphatic hydroxyl groups is 1. The van der Waals surface area contributed by atoms with Crippen molar-refractivity contribution >= 4 is 5.69 Å². The molecule has 1 aromatic rings. The first-order chi connectivity index (χ1) is 9.29. The molecule has 3 atom stereocenters. The quantitative estimate of drug-likeness (QED) is 0.854. The topological polar surface area (TPSA) is 50.7 Å². The summed E-state index contributed by atoms with van der Waals surface area (Å²) in [5.74, 6) is 1.23. The minimum absolute atomic E-state index is 0.0594. The van der Waals surface area contributed by atoms with Crippen LogP contribution in [0.4, 0.5) is 5.69 Å². The van der Waals surface area contributed by atoms with Crippen molar-refractivity contribution in [3.63, 3.8) is 0 Å². The second-order valence-electron chi connectivity index (χ2n) is 5.41. The van der Waals surface area contributed by atoms with Crippen molar-refractivity contribution in [2.24, 2.45) is 5.92 Å². The van der Waals surface area contributed by atoms with Crippen LogP contribution in [0.25, 0.3) is 0 Å². The Kier molecular flexibility index (Phi) is 3.62. The molecule has 0 radical (unpaired) electrons. The summed E-state index contributed by atoms with van der Waals surface area (Å²) in [6.45, 7) is 1.58. The van der Waals surface area contributed by atoms with E-state index in [1.165, 1.54) is 0 Å². The number of methoxy groups -OCH3 is 1. The van der Waals surface area contributed by atoms with E-state index in [0.717, 1.165) is 43.1 Å². The van der Waals surface area contributed by atoms with Gasteiger partial charge in [-0.05, 0) is 24.5 Å². The molecule has 0 aliphatic carbocycles. The van der Waals surface area contributed by atoms with Gasteiger partial charge < -0.3 is 19.9 Å². The van der Waals surface area contributed by atoms with Gasteiger partial charge >= 0.3 is 0 Å². The van der Waals surface area contributed by atoms with E-state index >= 15 is 0 Å². The molecule has 3 unspecified atom stereocenters. The number of aliphatic hydroxyl groups excluding tert-OH is 1. The van der Waals surface area contributed by atoms with Gasteiger partial charge in [-0.1, -0.05) is 12.1 Å². The first kappa shape index (κ1) is 12.8. The molecule has 4 heteroatoms. The lowest BCUT2D eigenvalue weighted by Crippen LogP contribution is -2.47. The van der Waals surface area contributed by atoms with E-state index in [9.17, 15) is 5.11 Å². The van der Waals surface area contributed by atoms with Gasteiger partial charge in [-0.25, -0.2) is 0 Å². The van der Waals surface area contributed by atoms with Crippen molar-refractivity contribution in [3.8, 4) is 5.75 Å². The number of anilines is 1. The molecule has 2 aliphatic rings. The highest BCUT2D eigenvalue weighted by Gasteiger charge is 2.34. The van der Waals surface area contributed by atoms with E-state index in [0.29, 0.717) is 12.3 Å². The van der Waals surface area contributed by atoms with Crippen LogP contribution in [0.15, 0.2) is 18.2 Å². The molecule has 0 aromatic heterocycles. The zero-order chi connectivity index (χ0) is 13.2. The number of ether oxygens (including phenoxy) is 2. The maximum atomic E-state index is 10.4. The maximum Gasteiger partial charge on any atom is 0.142 e. The van der Waals surface area contributed by atoms with Crippen molar-refractivity contribution in [2.75, 3.05) is 25.6 Å². The minimum atomic E-state index is -0.355. The van der Waals surface area contributed by atoms with E-state index in [-0.39, 0.29) is 12.1 Å². The Morgan fingerprint density at radius 3 is 3.05 bits per heavy atom. The molecule has 2 heterocycles. The van der Waals surface area contributed by atoms with Crippen LogP contribution < -0.4 is 10.1 Å². The number of benzene rings is 1. The lowest BCUT2D eigenvalue weighted by Gasteiger charge is -2.38. The van der Waals surface area contributed by atoms with Crippen molar-refractivity contribution < 1.29 is 14.6 Å². The number of hydrogen-bond acceptors (Lipinski definition) is 4. The maximum absolute atomic E-state index is 10.4. The Labute approximate surface area is 113 Å². The van der Waals surface area contributed by atoms with Gasteiger partial charge in [0.25, 0.3) is 0 Å². The Bertz CT molecular complexity index is 443. The molecule has 2 aliphatic heterocycles. The second kappa shape index (κ2) is 5.39. The summed E-state index contributed by atoms with van der Waals surface area (Å²) in [6.07, 6.45) is 2.51. The second-order valence-corrected chi connectivity index (χ2v) is 5.41. The van der Waals surface area contributed by atoms with Gasteiger partial charge in [0.1, 0.15) is 5.75 Å². The third-order valence-electron chi connectivity index (χ3n) is 4.19. The Hall–Kier alpha value is -1.26. The van der Waals surface area contributed by atoms with E-state index in [2.05, 4.69) is 5.32 Å². The summed E-state index contributed by atoms with van der Waals surface area (Å²) in [7, 11) is 1.68. The van der Waals surface area contributed by atoms with Gasteiger partial charge in [0.05, 0.1) is 31.5 Å². The van der Waals surface area contributed by atoms with Gasteiger partial charge in [0.15, 0.2) is 0 Å². The van der Waals surface area contributed by atoms with Crippen molar-refractivity contribution in [1.29, 1.82) is 0 Å². The largest absolute Gasteiger partial charge is 0.495 e. The van der Waals surface area contributed by atoms with Crippen LogP contribution in [-0.4, -0.2) is 37.6 Å². The molecule has 1 aromatic carbocycles. The number of rotatable bonds is 2. The third-order valence-corrected chi connectivity index (χ3v) is 4.19. The standard InChI is InChI=1S/C15H21NO3/c1-18-13-6-2-4-10-8-12(17)14(16-15(10)13)11-5-3-7-19-9-11/h2,4,6,11-12,14,16-17H,3,5,7-9H2,1H3. The molecular weight excluding hydrogens is 242 g/mol. The predicted octanol–water partition coefficient (Wildman–Crippen LogP) is 1.82. The minimum Gasteiger partial charge on any atom is -0.495 e. The van der Waals surface area contributed by atoms with Crippen molar-refractivity contribution in [3.05, 3.63) is 23.8 Å². The molecule has 0 amide bonds. The summed E-state index contributed by atoms with van der Waals surface area (Å²) in [4.78, 5) is 0.